The van der Waals surface area contributed by atoms with E-state index < -0.39 is 0 Å². The molecule has 0 saturated carbocycles. The van der Waals surface area contributed by atoms with Gasteiger partial charge in [0.2, 0.25) is 5.91 Å². The van der Waals surface area contributed by atoms with Crippen molar-refractivity contribution in [2.24, 2.45) is 0 Å². The third kappa shape index (κ3) is 7.50. The fraction of sp³-hybridized carbons (Fsp3) is 0.647. The maximum absolute atomic E-state index is 12.5. The molecule has 0 unspecified atom stereocenters. The average Bonchev–Trinajstić information content (AvgIpc) is 2.59. The Kier molecular flexibility index (Phi) is 9.60. The number of carbonyl (C=O) groups excluding carboxylic acids is 2. The van der Waals surface area contributed by atoms with E-state index in [1.807, 2.05) is 6.92 Å². The van der Waals surface area contributed by atoms with E-state index in [2.05, 4.69) is 22.2 Å². The SMILES string of the molecule is CCCCCNC(=O)CCN(CCOC)C(=O)c1cnc(C)cn1. The van der Waals surface area contributed by atoms with Gasteiger partial charge in [-0.15, -0.1) is 0 Å². The number of carbonyl (C=O) groups is 2. The van der Waals surface area contributed by atoms with Crippen molar-refractivity contribution in [1.82, 2.24) is 20.2 Å². The number of amides is 2. The molecule has 1 rings (SSSR count). The molecule has 7 nitrogen and oxygen atoms in total. The molecule has 0 bridgehead atoms. The van der Waals surface area contributed by atoms with Gasteiger partial charge >= 0.3 is 0 Å². The van der Waals surface area contributed by atoms with E-state index in [4.69, 9.17) is 4.74 Å². The molecule has 1 N–H and O–H groups in total. The summed E-state index contributed by atoms with van der Waals surface area (Å²) in [5.74, 6) is -0.283. The van der Waals surface area contributed by atoms with Gasteiger partial charge in [-0.1, -0.05) is 19.8 Å². The fourth-order valence-electron chi connectivity index (χ4n) is 2.11. The van der Waals surface area contributed by atoms with Gasteiger partial charge in [0.1, 0.15) is 5.69 Å². The van der Waals surface area contributed by atoms with Crippen LogP contribution in [0, 0.1) is 6.92 Å². The summed E-state index contributed by atoms with van der Waals surface area (Å²) in [6, 6.07) is 0. The Balaban J connectivity index is 2.53. The second-order valence-electron chi connectivity index (χ2n) is 5.64. The van der Waals surface area contributed by atoms with Gasteiger partial charge in [0.15, 0.2) is 0 Å². The molecule has 134 valence electrons. The molecule has 1 aromatic rings. The van der Waals surface area contributed by atoms with E-state index in [9.17, 15) is 9.59 Å². The van der Waals surface area contributed by atoms with E-state index in [1.54, 1.807) is 18.2 Å². The van der Waals surface area contributed by atoms with Crippen LogP contribution >= 0.6 is 0 Å². The highest BCUT2D eigenvalue weighted by atomic mass is 16.5. The predicted octanol–water partition coefficient (Wildman–Crippen LogP) is 1.57. The summed E-state index contributed by atoms with van der Waals surface area (Å²) in [6.45, 7) is 5.76. The number of unbranched alkanes of at least 4 members (excludes halogenated alkanes) is 2. The van der Waals surface area contributed by atoms with Crippen molar-refractivity contribution >= 4 is 11.8 Å². The molecule has 0 aliphatic heterocycles. The summed E-state index contributed by atoms with van der Waals surface area (Å²) in [6.07, 6.45) is 6.48. The van der Waals surface area contributed by atoms with Crippen LogP contribution in [0.1, 0.15) is 48.8 Å². The van der Waals surface area contributed by atoms with Crippen LogP contribution in [0.25, 0.3) is 0 Å². The van der Waals surface area contributed by atoms with Crippen LogP contribution in [0.4, 0.5) is 0 Å². The van der Waals surface area contributed by atoms with Gasteiger partial charge in [-0.25, -0.2) is 4.98 Å². The third-order valence-electron chi connectivity index (χ3n) is 3.56. The molecule has 0 atom stereocenters. The minimum Gasteiger partial charge on any atom is -0.383 e. The number of hydrogen-bond acceptors (Lipinski definition) is 5. The fourth-order valence-corrected chi connectivity index (χ4v) is 2.11. The molecule has 2 amide bonds. The van der Waals surface area contributed by atoms with Crippen molar-refractivity contribution in [3.8, 4) is 0 Å². The minimum atomic E-state index is -0.238. The lowest BCUT2D eigenvalue weighted by molar-refractivity contribution is -0.121. The first-order valence-corrected chi connectivity index (χ1v) is 8.42. The van der Waals surface area contributed by atoms with Crippen LogP contribution in [-0.4, -0.2) is 60.0 Å². The normalized spacial score (nSPS) is 10.5. The van der Waals surface area contributed by atoms with Crippen LogP contribution in [0.5, 0.6) is 0 Å². The highest BCUT2D eigenvalue weighted by Crippen LogP contribution is 2.03. The smallest absolute Gasteiger partial charge is 0.274 e. The van der Waals surface area contributed by atoms with Crippen molar-refractivity contribution in [3.05, 3.63) is 23.8 Å². The summed E-state index contributed by atoms with van der Waals surface area (Å²) in [7, 11) is 1.58. The Labute approximate surface area is 143 Å². The lowest BCUT2D eigenvalue weighted by atomic mass is 10.2. The molecule has 0 spiro atoms. The topological polar surface area (TPSA) is 84.4 Å². The van der Waals surface area contributed by atoms with E-state index in [1.165, 1.54) is 6.20 Å². The van der Waals surface area contributed by atoms with Gasteiger partial charge in [-0.3, -0.25) is 14.6 Å². The Morgan fingerprint density at radius 3 is 2.62 bits per heavy atom. The zero-order valence-electron chi connectivity index (χ0n) is 14.9. The van der Waals surface area contributed by atoms with Crippen molar-refractivity contribution in [3.63, 3.8) is 0 Å². The summed E-state index contributed by atoms with van der Waals surface area (Å²) < 4.78 is 5.05. The van der Waals surface area contributed by atoms with E-state index >= 15 is 0 Å². The van der Waals surface area contributed by atoms with Crippen molar-refractivity contribution in [1.29, 1.82) is 0 Å². The molecule has 1 heterocycles. The highest BCUT2D eigenvalue weighted by Gasteiger charge is 2.18. The molecule has 0 saturated heterocycles. The molecule has 0 fully saturated rings. The largest absolute Gasteiger partial charge is 0.383 e. The summed E-state index contributed by atoms with van der Waals surface area (Å²) >= 11 is 0. The molecule has 1 aromatic heterocycles. The zero-order valence-corrected chi connectivity index (χ0v) is 14.9. The second-order valence-corrected chi connectivity index (χ2v) is 5.64. The number of nitrogens with zero attached hydrogens (tertiary/aromatic N) is 3. The lowest BCUT2D eigenvalue weighted by Crippen LogP contribution is -2.38. The summed E-state index contributed by atoms with van der Waals surface area (Å²) in [5.41, 5.74) is 1.03. The number of nitrogens with one attached hydrogen (secondary N) is 1. The Bertz CT molecular complexity index is 505. The van der Waals surface area contributed by atoms with E-state index in [0.717, 1.165) is 25.0 Å². The van der Waals surface area contributed by atoms with Gasteiger partial charge in [-0.2, -0.15) is 0 Å². The number of methoxy groups -OCH3 is 1. The summed E-state index contributed by atoms with van der Waals surface area (Å²) in [5, 5.41) is 2.88. The maximum Gasteiger partial charge on any atom is 0.274 e. The molecular formula is C17H28N4O3. The number of aryl methyl sites for hydroxylation is 1. The van der Waals surface area contributed by atoms with Crippen LogP contribution in [0.2, 0.25) is 0 Å². The summed E-state index contributed by atoms with van der Waals surface area (Å²) in [4.78, 5) is 34.2. The second kappa shape index (κ2) is 11.5. The Morgan fingerprint density at radius 2 is 2.00 bits per heavy atom. The van der Waals surface area contributed by atoms with Crippen LogP contribution < -0.4 is 5.32 Å². The Hall–Kier alpha value is -2.02. The van der Waals surface area contributed by atoms with Crippen LogP contribution in [-0.2, 0) is 9.53 Å². The number of aromatic nitrogens is 2. The Morgan fingerprint density at radius 1 is 1.21 bits per heavy atom. The molecule has 7 heteroatoms. The standard InChI is InChI=1S/C17H28N4O3/c1-4-5-6-8-18-16(22)7-9-21(10-11-24-3)17(23)15-13-19-14(2)12-20-15/h12-13H,4-11H2,1-3H3,(H,18,22). The van der Waals surface area contributed by atoms with Gasteiger partial charge in [0.05, 0.1) is 18.5 Å². The van der Waals surface area contributed by atoms with Gasteiger partial charge in [0.25, 0.3) is 5.91 Å². The van der Waals surface area contributed by atoms with Crippen LogP contribution in [0.15, 0.2) is 12.4 Å². The molecular weight excluding hydrogens is 308 g/mol. The van der Waals surface area contributed by atoms with Gasteiger partial charge < -0.3 is 15.0 Å². The first-order valence-electron chi connectivity index (χ1n) is 8.42. The molecule has 0 aliphatic carbocycles. The van der Waals surface area contributed by atoms with Crippen molar-refractivity contribution < 1.29 is 14.3 Å². The molecule has 0 aliphatic rings. The maximum atomic E-state index is 12.5. The molecule has 24 heavy (non-hydrogen) atoms. The number of ether oxygens (including phenoxy) is 1. The molecule has 0 radical (unpaired) electrons. The van der Waals surface area contributed by atoms with Crippen molar-refractivity contribution in [2.75, 3.05) is 33.4 Å². The van der Waals surface area contributed by atoms with Gasteiger partial charge in [0, 0.05) is 39.4 Å². The zero-order chi connectivity index (χ0) is 17.8. The number of hydrogen-bond donors (Lipinski definition) is 1. The minimum absolute atomic E-state index is 0.0451. The number of rotatable bonds is 11. The van der Waals surface area contributed by atoms with Gasteiger partial charge in [-0.05, 0) is 13.3 Å². The lowest BCUT2D eigenvalue weighted by Gasteiger charge is -2.21. The quantitative estimate of drug-likeness (QED) is 0.620. The van der Waals surface area contributed by atoms with E-state index in [-0.39, 0.29) is 23.9 Å². The van der Waals surface area contributed by atoms with Crippen molar-refractivity contribution in [2.45, 2.75) is 39.5 Å². The molecule has 0 aromatic carbocycles. The predicted molar refractivity (Wildman–Crippen MR) is 91.7 cm³/mol. The third-order valence-corrected chi connectivity index (χ3v) is 3.56. The average molecular weight is 336 g/mol. The highest BCUT2D eigenvalue weighted by molar-refractivity contribution is 5.92. The van der Waals surface area contributed by atoms with E-state index in [0.29, 0.717) is 26.2 Å². The van der Waals surface area contributed by atoms with Crippen LogP contribution in [0.3, 0.4) is 0 Å². The first-order chi connectivity index (χ1) is 11.6. The monoisotopic (exact) mass is 336 g/mol. The first kappa shape index (κ1) is 20.0.